The average molecular weight is 446 g/mol. The molecule has 2 aliphatic rings. The molecule has 4 bridgehead atoms. The van der Waals surface area contributed by atoms with E-state index in [-0.39, 0.29) is 5.82 Å². The van der Waals surface area contributed by atoms with Crippen LogP contribution in [0.15, 0.2) is 48.7 Å². The largest absolute Gasteiger partial charge is 0.493 e. The Labute approximate surface area is 190 Å². The molecule has 0 unspecified atom stereocenters. The lowest BCUT2D eigenvalue weighted by molar-refractivity contribution is 0.122. The van der Waals surface area contributed by atoms with Crippen LogP contribution in [-0.4, -0.2) is 54.7 Å². The highest BCUT2D eigenvalue weighted by molar-refractivity contribution is 5.95. The Kier molecular flexibility index (Phi) is 5.07. The summed E-state index contributed by atoms with van der Waals surface area (Å²) in [6, 6.07) is 12.9. The van der Waals surface area contributed by atoms with E-state index in [1.54, 1.807) is 18.3 Å². The predicted octanol–water partition coefficient (Wildman–Crippen LogP) is 4.43. The van der Waals surface area contributed by atoms with Crippen LogP contribution >= 0.6 is 0 Å². The molecule has 6 rings (SSSR count). The predicted molar refractivity (Wildman–Crippen MR) is 123 cm³/mol. The zero-order valence-corrected chi connectivity index (χ0v) is 18.0. The number of rotatable bonds is 1. The fourth-order valence-corrected chi connectivity index (χ4v) is 4.41. The maximum Gasteiger partial charge on any atom is 0.143 e. The minimum absolute atomic E-state index is 0.355. The third-order valence-electron chi connectivity index (χ3n) is 6.07. The summed E-state index contributed by atoms with van der Waals surface area (Å²) in [4.78, 5) is 6.77. The molecule has 2 aliphatic heterocycles. The number of nitrogens with one attached hydrogen (secondary N) is 1. The molecule has 33 heavy (non-hydrogen) atoms. The van der Waals surface area contributed by atoms with Crippen molar-refractivity contribution < 1.29 is 18.6 Å². The van der Waals surface area contributed by atoms with E-state index in [1.807, 2.05) is 12.1 Å². The van der Waals surface area contributed by atoms with Crippen LogP contribution in [0.3, 0.4) is 0 Å². The second-order valence-electron chi connectivity index (χ2n) is 8.13. The number of H-pyrrole nitrogens is 1. The molecule has 0 spiro atoms. The summed E-state index contributed by atoms with van der Waals surface area (Å²) in [5.41, 5.74) is 4.38. The van der Waals surface area contributed by atoms with Crippen LogP contribution in [0.1, 0.15) is 6.42 Å². The van der Waals surface area contributed by atoms with Gasteiger partial charge in [-0.05, 0) is 30.3 Å². The van der Waals surface area contributed by atoms with Crippen molar-refractivity contribution in [2.75, 3.05) is 44.4 Å². The SMILES string of the molecule is Fc1cccc2c1-c1cc3c(n[nH]c3cn1)-c1ccc(N3CCOCC3)c(c1)OCCCO2. The molecule has 2 aromatic heterocycles. The Bertz CT molecular complexity index is 1320. The van der Waals surface area contributed by atoms with E-state index in [0.717, 1.165) is 46.7 Å². The Balaban J connectivity index is 1.51. The van der Waals surface area contributed by atoms with E-state index in [9.17, 15) is 4.39 Å². The third-order valence-corrected chi connectivity index (χ3v) is 6.07. The fourth-order valence-electron chi connectivity index (χ4n) is 4.41. The number of anilines is 1. The highest BCUT2D eigenvalue weighted by Gasteiger charge is 2.20. The van der Waals surface area contributed by atoms with Gasteiger partial charge in [-0.3, -0.25) is 10.1 Å². The Morgan fingerprint density at radius 3 is 2.67 bits per heavy atom. The number of aromatic nitrogens is 3. The van der Waals surface area contributed by atoms with Gasteiger partial charge in [0.25, 0.3) is 0 Å². The number of halogens is 1. The smallest absolute Gasteiger partial charge is 0.143 e. The summed E-state index contributed by atoms with van der Waals surface area (Å²) >= 11 is 0. The molecule has 1 saturated heterocycles. The molecule has 0 saturated carbocycles. The standard InChI is InChI=1S/C25H23FN4O3/c26-18-3-1-4-22-24(18)19-14-17-20(15-27-19)28-29-25(17)16-5-6-21(30-7-11-31-12-8-30)23(13-16)33-10-2-9-32-22/h1,3-6,13-15H,2,7-12H2,(H,28,29). The number of aromatic amines is 1. The summed E-state index contributed by atoms with van der Waals surface area (Å²) < 4.78 is 32.5. The van der Waals surface area contributed by atoms with E-state index in [1.165, 1.54) is 6.07 Å². The lowest BCUT2D eigenvalue weighted by Gasteiger charge is -2.30. The molecule has 0 aliphatic carbocycles. The Morgan fingerprint density at radius 2 is 1.79 bits per heavy atom. The highest BCUT2D eigenvalue weighted by atomic mass is 19.1. The second kappa shape index (κ2) is 8.37. The molecule has 2 aromatic carbocycles. The first kappa shape index (κ1) is 20.0. The number of nitrogens with zero attached hydrogens (tertiary/aromatic N) is 3. The van der Waals surface area contributed by atoms with Crippen molar-refractivity contribution in [3.05, 3.63) is 54.5 Å². The van der Waals surface area contributed by atoms with Gasteiger partial charge >= 0.3 is 0 Å². The molecule has 0 radical (unpaired) electrons. The van der Waals surface area contributed by atoms with Crippen molar-refractivity contribution in [3.8, 4) is 34.0 Å². The van der Waals surface area contributed by atoms with Gasteiger partial charge in [0.2, 0.25) is 0 Å². The van der Waals surface area contributed by atoms with Crippen molar-refractivity contribution in [2.24, 2.45) is 0 Å². The molecule has 4 aromatic rings. The molecule has 0 amide bonds. The van der Waals surface area contributed by atoms with Crippen LogP contribution in [0.4, 0.5) is 10.1 Å². The summed E-state index contributed by atoms with van der Waals surface area (Å²) in [6.07, 6.45) is 2.34. The zero-order chi connectivity index (χ0) is 22.2. The van der Waals surface area contributed by atoms with Gasteiger partial charge in [0.05, 0.1) is 55.1 Å². The maximum absolute atomic E-state index is 14.8. The van der Waals surface area contributed by atoms with Gasteiger partial charge in [0.1, 0.15) is 23.0 Å². The molecule has 0 atom stereocenters. The Hall–Kier alpha value is -3.65. The van der Waals surface area contributed by atoms with Crippen molar-refractivity contribution in [1.82, 2.24) is 15.2 Å². The number of morpholine rings is 1. The summed E-state index contributed by atoms with van der Waals surface area (Å²) in [7, 11) is 0. The van der Waals surface area contributed by atoms with Crippen molar-refractivity contribution in [1.29, 1.82) is 0 Å². The summed E-state index contributed by atoms with van der Waals surface area (Å²) in [6.45, 7) is 3.92. The summed E-state index contributed by atoms with van der Waals surface area (Å²) in [5, 5.41) is 8.45. The zero-order valence-electron chi connectivity index (χ0n) is 18.0. The van der Waals surface area contributed by atoms with E-state index < -0.39 is 0 Å². The number of hydrogen-bond acceptors (Lipinski definition) is 6. The molecule has 1 fully saturated rings. The minimum Gasteiger partial charge on any atom is -0.493 e. The molecule has 8 heteroatoms. The Morgan fingerprint density at radius 1 is 0.939 bits per heavy atom. The fraction of sp³-hybridized carbons (Fsp3) is 0.280. The number of fused-ring (bicyclic) bond motifs is 6. The first-order valence-electron chi connectivity index (χ1n) is 11.1. The number of pyridine rings is 1. The lowest BCUT2D eigenvalue weighted by Crippen LogP contribution is -2.36. The van der Waals surface area contributed by atoms with Gasteiger partial charge in [-0.15, -0.1) is 0 Å². The second-order valence-corrected chi connectivity index (χ2v) is 8.13. The molecule has 7 nitrogen and oxygen atoms in total. The van der Waals surface area contributed by atoms with Crippen molar-refractivity contribution in [2.45, 2.75) is 6.42 Å². The van der Waals surface area contributed by atoms with Gasteiger partial charge in [-0.1, -0.05) is 12.1 Å². The van der Waals surface area contributed by atoms with E-state index >= 15 is 0 Å². The average Bonchev–Trinajstić information content (AvgIpc) is 3.27. The molecule has 4 heterocycles. The van der Waals surface area contributed by atoms with Crippen LogP contribution < -0.4 is 14.4 Å². The number of benzene rings is 2. The minimum atomic E-state index is -0.370. The van der Waals surface area contributed by atoms with Crippen molar-refractivity contribution >= 4 is 16.6 Å². The van der Waals surface area contributed by atoms with Crippen LogP contribution in [0, 0.1) is 5.82 Å². The highest BCUT2D eigenvalue weighted by Crippen LogP contribution is 2.38. The van der Waals surface area contributed by atoms with E-state index in [2.05, 4.69) is 32.2 Å². The van der Waals surface area contributed by atoms with E-state index in [4.69, 9.17) is 14.2 Å². The molecule has 168 valence electrons. The van der Waals surface area contributed by atoms with Gasteiger partial charge in [0, 0.05) is 30.5 Å². The van der Waals surface area contributed by atoms with Gasteiger partial charge in [-0.2, -0.15) is 5.10 Å². The van der Waals surface area contributed by atoms with Crippen molar-refractivity contribution in [3.63, 3.8) is 0 Å². The first-order chi connectivity index (χ1) is 16.3. The third kappa shape index (κ3) is 3.66. The molecule has 1 N–H and O–H groups in total. The lowest BCUT2D eigenvalue weighted by atomic mass is 10.0. The van der Waals surface area contributed by atoms with Crippen LogP contribution in [0.2, 0.25) is 0 Å². The topological polar surface area (TPSA) is 72.5 Å². The normalized spacial score (nSPS) is 16.1. The molecular formula is C25H23FN4O3. The van der Waals surface area contributed by atoms with Crippen LogP contribution in [0.5, 0.6) is 11.5 Å². The quantitative estimate of drug-likeness (QED) is 0.466. The van der Waals surface area contributed by atoms with Gasteiger partial charge in [-0.25, -0.2) is 4.39 Å². The number of ether oxygens (including phenoxy) is 3. The summed E-state index contributed by atoms with van der Waals surface area (Å²) in [5.74, 6) is 0.907. The van der Waals surface area contributed by atoms with Crippen LogP contribution in [0.25, 0.3) is 33.4 Å². The molecular weight excluding hydrogens is 423 g/mol. The van der Waals surface area contributed by atoms with Crippen LogP contribution in [-0.2, 0) is 4.74 Å². The first-order valence-corrected chi connectivity index (χ1v) is 11.1. The van der Waals surface area contributed by atoms with Gasteiger partial charge in [0.15, 0.2) is 0 Å². The van der Waals surface area contributed by atoms with Gasteiger partial charge < -0.3 is 19.1 Å². The number of hydrogen-bond donors (Lipinski definition) is 1. The maximum atomic E-state index is 14.8. The monoisotopic (exact) mass is 446 g/mol. The van der Waals surface area contributed by atoms with E-state index in [0.29, 0.717) is 49.9 Å².